The maximum Gasteiger partial charge on any atom is 0.244 e. The molecule has 0 aromatic heterocycles. The van der Waals surface area contributed by atoms with Gasteiger partial charge in [-0.15, -0.1) is 0 Å². The van der Waals surface area contributed by atoms with E-state index in [1.54, 1.807) is 31.3 Å². The lowest BCUT2D eigenvalue weighted by molar-refractivity contribution is -0.131. The average Bonchev–Trinajstić information content (AvgIpc) is 2.67. The summed E-state index contributed by atoms with van der Waals surface area (Å²) in [5.41, 5.74) is 4.25. The maximum atomic E-state index is 12.4. The van der Waals surface area contributed by atoms with Gasteiger partial charge in [-0.25, -0.2) is 0 Å². The summed E-state index contributed by atoms with van der Waals surface area (Å²) in [7, 11) is 1.62. The van der Waals surface area contributed by atoms with Crippen molar-refractivity contribution in [2.75, 3.05) is 30.8 Å². The second-order valence-electron chi connectivity index (χ2n) is 6.78. The van der Waals surface area contributed by atoms with Crippen LogP contribution in [0.2, 0.25) is 5.02 Å². The Labute approximate surface area is 164 Å². The van der Waals surface area contributed by atoms with Crippen LogP contribution in [-0.2, 0) is 22.4 Å². The van der Waals surface area contributed by atoms with E-state index in [1.165, 1.54) is 28.9 Å². The van der Waals surface area contributed by atoms with Gasteiger partial charge in [0.1, 0.15) is 0 Å². The Kier molecular flexibility index (Phi) is 6.35. The number of rotatable bonds is 6. The van der Waals surface area contributed by atoms with Crippen molar-refractivity contribution in [2.24, 2.45) is 0 Å². The predicted molar refractivity (Wildman–Crippen MR) is 109 cm³/mol. The molecule has 2 aromatic carbocycles. The molecule has 1 aliphatic carbocycles. The SMILES string of the molecule is CN(CC(=O)Nc1ccccc1Cl)C(=O)CNc1cccc2c1CCCC2. The van der Waals surface area contributed by atoms with Crippen LogP contribution >= 0.6 is 11.6 Å². The summed E-state index contributed by atoms with van der Waals surface area (Å²) >= 11 is 6.04. The fraction of sp³-hybridized carbons (Fsp3) is 0.333. The summed E-state index contributed by atoms with van der Waals surface area (Å²) in [6, 6.07) is 13.2. The smallest absolute Gasteiger partial charge is 0.244 e. The minimum Gasteiger partial charge on any atom is -0.376 e. The number of para-hydroxylation sites is 1. The highest BCUT2D eigenvalue weighted by Gasteiger charge is 2.16. The number of amides is 2. The van der Waals surface area contributed by atoms with Gasteiger partial charge in [-0.2, -0.15) is 0 Å². The molecule has 2 amide bonds. The molecule has 0 heterocycles. The first-order valence-electron chi connectivity index (χ1n) is 9.17. The van der Waals surface area contributed by atoms with E-state index in [0.29, 0.717) is 10.7 Å². The van der Waals surface area contributed by atoms with Crippen molar-refractivity contribution < 1.29 is 9.59 Å². The topological polar surface area (TPSA) is 61.4 Å². The van der Waals surface area contributed by atoms with Crippen molar-refractivity contribution in [3.05, 3.63) is 58.6 Å². The zero-order chi connectivity index (χ0) is 19.2. The van der Waals surface area contributed by atoms with Crippen molar-refractivity contribution in [3.63, 3.8) is 0 Å². The summed E-state index contributed by atoms with van der Waals surface area (Å²) in [5.74, 6) is -0.422. The Morgan fingerprint density at radius 1 is 1.04 bits per heavy atom. The number of nitrogens with zero attached hydrogens (tertiary/aromatic N) is 1. The maximum absolute atomic E-state index is 12.4. The summed E-state index contributed by atoms with van der Waals surface area (Å²) < 4.78 is 0. The van der Waals surface area contributed by atoms with Crippen molar-refractivity contribution in [2.45, 2.75) is 25.7 Å². The number of halogens is 1. The molecule has 0 saturated carbocycles. The minimum atomic E-state index is -0.281. The molecular formula is C21H24ClN3O2. The summed E-state index contributed by atoms with van der Waals surface area (Å²) in [4.78, 5) is 26.0. The molecule has 0 aliphatic heterocycles. The second-order valence-corrected chi connectivity index (χ2v) is 7.19. The highest BCUT2D eigenvalue weighted by atomic mass is 35.5. The number of benzene rings is 2. The Balaban J connectivity index is 1.52. The van der Waals surface area contributed by atoms with Gasteiger partial charge >= 0.3 is 0 Å². The van der Waals surface area contributed by atoms with E-state index in [-0.39, 0.29) is 24.9 Å². The summed E-state index contributed by atoms with van der Waals surface area (Å²) in [6.45, 7) is 0.130. The Morgan fingerprint density at radius 2 is 1.78 bits per heavy atom. The molecule has 6 heteroatoms. The van der Waals surface area contributed by atoms with Gasteiger partial charge in [0.25, 0.3) is 0 Å². The lowest BCUT2D eigenvalue weighted by atomic mass is 9.90. The molecule has 142 valence electrons. The quantitative estimate of drug-likeness (QED) is 0.796. The van der Waals surface area contributed by atoms with Gasteiger partial charge in [-0.05, 0) is 55.0 Å². The van der Waals surface area contributed by atoms with Gasteiger partial charge in [0.2, 0.25) is 11.8 Å². The molecule has 2 N–H and O–H groups in total. The third-order valence-corrected chi connectivity index (χ3v) is 5.11. The molecular weight excluding hydrogens is 362 g/mol. The van der Waals surface area contributed by atoms with Crippen LogP contribution < -0.4 is 10.6 Å². The zero-order valence-electron chi connectivity index (χ0n) is 15.4. The highest BCUT2D eigenvalue weighted by molar-refractivity contribution is 6.33. The lowest BCUT2D eigenvalue weighted by Crippen LogP contribution is -2.38. The van der Waals surface area contributed by atoms with Crippen LogP contribution in [0.3, 0.4) is 0 Å². The lowest BCUT2D eigenvalue weighted by Gasteiger charge is -2.21. The predicted octanol–water partition coefficient (Wildman–Crippen LogP) is 3.73. The van der Waals surface area contributed by atoms with Crippen molar-refractivity contribution >= 4 is 34.8 Å². The molecule has 0 saturated heterocycles. The van der Waals surface area contributed by atoms with Crippen molar-refractivity contribution in [3.8, 4) is 0 Å². The van der Waals surface area contributed by atoms with Gasteiger partial charge in [0.05, 0.1) is 23.8 Å². The first-order chi connectivity index (χ1) is 13.0. The highest BCUT2D eigenvalue weighted by Crippen LogP contribution is 2.27. The molecule has 0 bridgehead atoms. The van der Waals surface area contributed by atoms with E-state index in [4.69, 9.17) is 11.6 Å². The molecule has 0 unspecified atom stereocenters. The number of aryl methyl sites for hydroxylation is 1. The Hall–Kier alpha value is -2.53. The van der Waals surface area contributed by atoms with Crippen LogP contribution in [0.1, 0.15) is 24.0 Å². The van der Waals surface area contributed by atoms with Gasteiger partial charge < -0.3 is 15.5 Å². The normalized spacial score (nSPS) is 12.8. The number of carbonyl (C=O) groups is 2. The van der Waals surface area contributed by atoms with Crippen LogP contribution in [0.4, 0.5) is 11.4 Å². The fourth-order valence-corrected chi connectivity index (χ4v) is 3.49. The van der Waals surface area contributed by atoms with E-state index in [0.717, 1.165) is 18.5 Å². The molecule has 0 fully saturated rings. The van der Waals surface area contributed by atoms with Gasteiger partial charge in [-0.3, -0.25) is 9.59 Å². The van der Waals surface area contributed by atoms with E-state index in [9.17, 15) is 9.59 Å². The average molecular weight is 386 g/mol. The molecule has 3 rings (SSSR count). The van der Waals surface area contributed by atoms with Gasteiger partial charge in [-0.1, -0.05) is 35.9 Å². The Bertz CT molecular complexity index is 838. The van der Waals surface area contributed by atoms with E-state index >= 15 is 0 Å². The Morgan fingerprint density at radius 3 is 2.59 bits per heavy atom. The fourth-order valence-electron chi connectivity index (χ4n) is 3.31. The molecule has 0 atom stereocenters. The van der Waals surface area contributed by atoms with Crippen LogP contribution in [0.25, 0.3) is 0 Å². The first-order valence-corrected chi connectivity index (χ1v) is 9.55. The molecule has 0 spiro atoms. The number of likely N-dealkylation sites (N-methyl/N-ethyl adjacent to an activating group) is 1. The molecule has 27 heavy (non-hydrogen) atoms. The van der Waals surface area contributed by atoms with E-state index < -0.39 is 0 Å². The number of fused-ring (bicyclic) bond motifs is 1. The van der Waals surface area contributed by atoms with Gasteiger partial charge in [0, 0.05) is 12.7 Å². The monoisotopic (exact) mass is 385 g/mol. The third-order valence-electron chi connectivity index (χ3n) is 4.78. The number of carbonyl (C=O) groups excluding carboxylic acids is 2. The first kappa shape index (κ1) is 19.2. The summed E-state index contributed by atoms with van der Waals surface area (Å²) in [5, 5.41) is 6.43. The zero-order valence-corrected chi connectivity index (χ0v) is 16.2. The number of anilines is 2. The second kappa shape index (κ2) is 8.91. The summed E-state index contributed by atoms with van der Waals surface area (Å²) in [6.07, 6.45) is 4.55. The number of nitrogens with one attached hydrogen (secondary N) is 2. The number of hydrogen-bond acceptors (Lipinski definition) is 3. The minimum absolute atomic E-state index is 0.0291. The van der Waals surface area contributed by atoms with E-state index in [1.807, 2.05) is 12.1 Å². The van der Waals surface area contributed by atoms with Crippen LogP contribution in [-0.4, -0.2) is 36.9 Å². The molecule has 2 aromatic rings. The van der Waals surface area contributed by atoms with Crippen LogP contribution in [0.5, 0.6) is 0 Å². The van der Waals surface area contributed by atoms with E-state index in [2.05, 4.69) is 16.7 Å². The van der Waals surface area contributed by atoms with Crippen LogP contribution in [0.15, 0.2) is 42.5 Å². The van der Waals surface area contributed by atoms with Gasteiger partial charge in [0.15, 0.2) is 0 Å². The van der Waals surface area contributed by atoms with Crippen molar-refractivity contribution in [1.82, 2.24) is 4.90 Å². The number of hydrogen-bond donors (Lipinski definition) is 2. The third kappa shape index (κ3) is 5.01. The largest absolute Gasteiger partial charge is 0.376 e. The molecule has 0 radical (unpaired) electrons. The molecule has 1 aliphatic rings. The van der Waals surface area contributed by atoms with Crippen LogP contribution in [0, 0.1) is 0 Å². The van der Waals surface area contributed by atoms with Crippen molar-refractivity contribution in [1.29, 1.82) is 0 Å². The molecule has 5 nitrogen and oxygen atoms in total. The standard InChI is InChI=1S/C21H24ClN3O2/c1-25(14-20(26)24-19-11-5-4-10-17(19)22)21(27)13-23-18-12-6-8-15-7-2-3-9-16(15)18/h4-6,8,10-12,23H,2-3,7,9,13-14H2,1H3,(H,24,26).